The van der Waals surface area contributed by atoms with Crippen LogP contribution in [-0.2, 0) is 15.6 Å². The first-order valence-electron chi connectivity index (χ1n) is 5.48. The summed E-state index contributed by atoms with van der Waals surface area (Å²) < 4.78 is 24.3. The molecule has 0 aliphatic carbocycles. The van der Waals surface area contributed by atoms with Crippen molar-refractivity contribution in [2.75, 3.05) is 5.73 Å². The van der Waals surface area contributed by atoms with Crippen molar-refractivity contribution in [2.45, 2.75) is 17.6 Å². The molecule has 18 heavy (non-hydrogen) atoms. The summed E-state index contributed by atoms with van der Waals surface area (Å²) in [5.41, 5.74) is 7.43. The lowest BCUT2D eigenvalue weighted by Crippen LogP contribution is -2.06. The molecule has 2 rings (SSSR count). The van der Waals surface area contributed by atoms with E-state index in [1.165, 1.54) is 12.1 Å². The number of aryl methyl sites for hydroxylation is 1. The normalized spacial score (nSPS) is 11.4. The minimum atomic E-state index is -3.36. The lowest BCUT2D eigenvalue weighted by atomic mass is 10.3. The molecule has 94 valence electrons. The topological polar surface area (TPSA) is 73.0 Å². The van der Waals surface area contributed by atoms with Gasteiger partial charge in [0.15, 0.2) is 9.84 Å². The molecule has 2 N–H and O–H groups in total. The molecule has 0 amide bonds. The molecular weight excluding hydrogens is 248 g/mol. The monoisotopic (exact) mass is 262 g/mol. The Hall–Kier alpha value is -1.88. The fourth-order valence-electron chi connectivity index (χ4n) is 1.63. The zero-order valence-corrected chi connectivity index (χ0v) is 10.8. The van der Waals surface area contributed by atoms with E-state index in [9.17, 15) is 8.42 Å². The van der Waals surface area contributed by atoms with Gasteiger partial charge in [-0.1, -0.05) is 6.07 Å². The highest BCUT2D eigenvalue weighted by Crippen LogP contribution is 2.17. The molecule has 5 heteroatoms. The van der Waals surface area contributed by atoms with E-state index in [4.69, 9.17) is 5.73 Å². The number of nitrogens with two attached hydrogens (primary N) is 1. The van der Waals surface area contributed by atoms with Gasteiger partial charge in [0, 0.05) is 11.4 Å². The van der Waals surface area contributed by atoms with Gasteiger partial charge in [-0.25, -0.2) is 8.42 Å². The fraction of sp³-hybridized carbons (Fsp3) is 0.154. The second-order valence-electron chi connectivity index (χ2n) is 4.10. The van der Waals surface area contributed by atoms with Crippen LogP contribution in [0.4, 0.5) is 5.69 Å². The van der Waals surface area contributed by atoms with E-state index in [2.05, 4.69) is 4.98 Å². The van der Waals surface area contributed by atoms with Crippen molar-refractivity contribution in [1.82, 2.24) is 4.98 Å². The number of nitrogens with zero attached hydrogens (tertiary/aromatic N) is 1. The summed E-state index contributed by atoms with van der Waals surface area (Å²) in [4.78, 5) is 4.46. The highest BCUT2D eigenvalue weighted by atomic mass is 32.2. The number of anilines is 1. The second-order valence-corrected chi connectivity index (χ2v) is 6.09. The van der Waals surface area contributed by atoms with Crippen molar-refractivity contribution in [1.29, 1.82) is 0 Å². The number of rotatable bonds is 3. The first kappa shape index (κ1) is 12.6. The van der Waals surface area contributed by atoms with E-state index in [1.54, 1.807) is 24.3 Å². The maximum absolute atomic E-state index is 12.1. The van der Waals surface area contributed by atoms with E-state index in [0.29, 0.717) is 11.4 Å². The Morgan fingerprint density at radius 2 is 1.78 bits per heavy atom. The molecule has 0 saturated carbocycles. The van der Waals surface area contributed by atoms with Gasteiger partial charge in [-0.05, 0) is 43.3 Å². The van der Waals surface area contributed by atoms with Gasteiger partial charge in [0.05, 0.1) is 16.3 Å². The van der Waals surface area contributed by atoms with E-state index in [0.717, 1.165) is 5.69 Å². The Kier molecular flexibility index (Phi) is 3.34. The van der Waals surface area contributed by atoms with Gasteiger partial charge in [-0.2, -0.15) is 0 Å². The summed E-state index contributed by atoms with van der Waals surface area (Å²) in [6.45, 7) is 1.83. The van der Waals surface area contributed by atoms with Crippen molar-refractivity contribution < 1.29 is 8.42 Å². The zero-order valence-electron chi connectivity index (χ0n) is 10.00. The lowest BCUT2D eigenvalue weighted by molar-refractivity contribution is 0.594. The van der Waals surface area contributed by atoms with Crippen molar-refractivity contribution in [2.24, 2.45) is 0 Å². The Morgan fingerprint density at radius 1 is 1.11 bits per heavy atom. The van der Waals surface area contributed by atoms with Crippen LogP contribution in [0.2, 0.25) is 0 Å². The summed E-state index contributed by atoms with van der Waals surface area (Å²) in [7, 11) is -3.36. The maximum Gasteiger partial charge on any atom is 0.184 e. The average molecular weight is 262 g/mol. The largest absolute Gasteiger partial charge is 0.399 e. The Morgan fingerprint density at radius 3 is 2.39 bits per heavy atom. The number of benzene rings is 1. The number of nitrogen functional groups attached to an aromatic ring is 1. The molecular formula is C13H14N2O2S. The van der Waals surface area contributed by atoms with Crippen LogP contribution in [0.1, 0.15) is 11.4 Å². The van der Waals surface area contributed by atoms with Gasteiger partial charge in [0.1, 0.15) is 0 Å². The second kappa shape index (κ2) is 4.78. The average Bonchev–Trinajstić information content (AvgIpc) is 2.29. The van der Waals surface area contributed by atoms with Crippen LogP contribution in [0.5, 0.6) is 0 Å². The molecule has 1 aromatic heterocycles. The van der Waals surface area contributed by atoms with E-state index >= 15 is 0 Å². The number of aromatic nitrogens is 1. The number of pyridine rings is 1. The Labute approximate surface area is 106 Å². The molecule has 0 radical (unpaired) electrons. The third kappa shape index (κ3) is 2.87. The summed E-state index contributed by atoms with van der Waals surface area (Å²) in [6.07, 6.45) is 0. The summed E-state index contributed by atoms with van der Waals surface area (Å²) >= 11 is 0. The van der Waals surface area contributed by atoms with Crippen LogP contribution in [0.15, 0.2) is 47.4 Å². The van der Waals surface area contributed by atoms with Gasteiger partial charge in [-0.3, -0.25) is 4.98 Å². The molecule has 0 bridgehead atoms. The molecule has 0 atom stereocenters. The minimum Gasteiger partial charge on any atom is -0.399 e. The molecule has 1 aromatic carbocycles. The van der Waals surface area contributed by atoms with Crippen LogP contribution in [0, 0.1) is 6.92 Å². The fourth-order valence-corrected chi connectivity index (χ4v) is 2.90. The third-order valence-corrected chi connectivity index (χ3v) is 4.19. The van der Waals surface area contributed by atoms with Crippen LogP contribution >= 0.6 is 0 Å². The highest BCUT2D eigenvalue weighted by Gasteiger charge is 2.15. The number of hydrogen-bond acceptors (Lipinski definition) is 4. The summed E-state index contributed by atoms with van der Waals surface area (Å²) in [6, 6.07) is 11.5. The third-order valence-electron chi connectivity index (χ3n) is 2.52. The summed E-state index contributed by atoms with van der Waals surface area (Å²) in [5, 5.41) is 0. The van der Waals surface area contributed by atoms with E-state index in [1.807, 2.05) is 13.0 Å². The predicted molar refractivity (Wildman–Crippen MR) is 70.7 cm³/mol. The van der Waals surface area contributed by atoms with Gasteiger partial charge >= 0.3 is 0 Å². The first-order valence-corrected chi connectivity index (χ1v) is 7.13. The van der Waals surface area contributed by atoms with Gasteiger partial charge in [0.25, 0.3) is 0 Å². The van der Waals surface area contributed by atoms with E-state index < -0.39 is 9.84 Å². The Balaban J connectivity index is 2.30. The van der Waals surface area contributed by atoms with Crippen LogP contribution in [0.25, 0.3) is 0 Å². The molecule has 0 spiro atoms. The summed E-state index contributed by atoms with van der Waals surface area (Å²) in [5.74, 6) is -0.0986. The van der Waals surface area contributed by atoms with Crippen LogP contribution in [-0.4, -0.2) is 13.4 Å². The van der Waals surface area contributed by atoms with Gasteiger partial charge < -0.3 is 5.73 Å². The smallest absolute Gasteiger partial charge is 0.184 e. The van der Waals surface area contributed by atoms with Gasteiger partial charge in [-0.15, -0.1) is 0 Å². The molecule has 0 fully saturated rings. The van der Waals surface area contributed by atoms with Crippen molar-refractivity contribution in [3.8, 4) is 0 Å². The standard InChI is InChI=1S/C13H14N2O2S/c1-10-3-2-4-12(15-10)9-18(16,17)13-7-5-11(14)6-8-13/h2-8H,9,14H2,1H3. The minimum absolute atomic E-state index is 0.0986. The Bertz CT molecular complexity index is 649. The number of sulfone groups is 1. The van der Waals surface area contributed by atoms with Crippen molar-refractivity contribution in [3.05, 3.63) is 53.9 Å². The number of hydrogen-bond donors (Lipinski definition) is 1. The lowest BCUT2D eigenvalue weighted by Gasteiger charge is -2.05. The molecule has 1 heterocycles. The highest BCUT2D eigenvalue weighted by molar-refractivity contribution is 7.90. The molecule has 0 aliphatic rings. The van der Waals surface area contributed by atoms with Crippen LogP contribution < -0.4 is 5.73 Å². The maximum atomic E-state index is 12.1. The van der Waals surface area contributed by atoms with Crippen LogP contribution in [0.3, 0.4) is 0 Å². The van der Waals surface area contributed by atoms with E-state index in [-0.39, 0.29) is 10.6 Å². The SMILES string of the molecule is Cc1cccc(CS(=O)(=O)c2ccc(N)cc2)n1. The molecule has 0 aliphatic heterocycles. The predicted octanol–water partition coefficient (Wildman–Crippen LogP) is 1.95. The van der Waals surface area contributed by atoms with Gasteiger partial charge in [0.2, 0.25) is 0 Å². The molecule has 4 nitrogen and oxygen atoms in total. The first-order chi connectivity index (χ1) is 8.47. The molecule has 0 unspecified atom stereocenters. The molecule has 0 saturated heterocycles. The van der Waals surface area contributed by atoms with Crippen molar-refractivity contribution in [3.63, 3.8) is 0 Å². The quantitative estimate of drug-likeness (QED) is 0.858. The zero-order chi connectivity index (χ0) is 13.2. The van der Waals surface area contributed by atoms with Crippen molar-refractivity contribution >= 4 is 15.5 Å². The molecule has 2 aromatic rings.